The Morgan fingerprint density at radius 2 is 1.77 bits per heavy atom. The van der Waals surface area contributed by atoms with Gasteiger partial charge >= 0.3 is 0 Å². The molecule has 3 atom stereocenters. The van der Waals surface area contributed by atoms with Crippen molar-refractivity contribution in [2.45, 2.75) is 70.4 Å². The van der Waals surface area contributed by atoms with Crippen LogP contribution < -0.4 is 5.32 Å². The lowest BCUT2D eigenvalue weighted by atomic mass is 9.83. The lowest BCUT2D eigenvalue weighted by Crippen LogP contribution is -2.57. The highest BCUT2D eigenvalue weighted by atomic mass is 16.2. The molecule has 1 aromatic rings. The van der Waals surface area contributed by atoms with E-state index in [4.69, 9.17) is 0 Å². The second-order valence-corrected chi connectivity index (χ2v) is 9.55. The summed E-state index contributed by atoms with van der Waals surface area (Å²) in [6.45, 7) is 5.55. The molecule has 0 aromatic heterocycles. The van der Waals surface area contributed by atoms with E-state index in [0.717, 1.165) is 51.9 Å². The quantitative estimate of drug-likeness (QED) is 0.782. The first-order chi connectivity index (χ1) is 14.6. The molecule has 5 nitrogen and oxygen atoms in total. The van der Waals surface area contributed by atoms with Crippen molar-refractivity contribution in [3.63, 3.8) is 0 Å². The van der Waals surface area contributed by atoms with E-state index in [0.29, 0.717) is 17.9 Å². The van der Waals surface area contributed by atoms with Gasteiger partial charge in [0.05, 0.1) is 0 Å². The monoisotopic (exact) mass is 411 g/mol. The molecule has 30 heavy (non-hydrogen) atoms. The molecule has 2 saturated heterocycles. The average molecular weight is 412 g/mol. The molecular weight excluding hydrogens is 374 g/mol. The van der Waals surface area contributed by atoms with Gasteiger partial charge in [-0.05, 0) is 56.0 Å². The Labute approximate surface area is 181 Å². The molecule has 5 heteroatoms. The molecule has 2 heterocycles. The molecule has 4 rings (SSSR count). The van der Waals surface area contributed by atoms with Gasteiger partial charge in [-0.3, -0.25) is 9.59 Å². The van der Waals surface area contributed by atoms with Crippen molar-refractivity contribution in [1.82, 2.24) is 15.1 Å². The number of nitrogens with one attached hydrogen (secondary N) is 1. The highest BCUT2D eigenvalue weighted by Crippen LogP contribution is 2.34. The Kier molecular flexibility index (Phi) is 7.08. The highest BCUT2D eigenvalue weighted by Gasteiger charge is 2.43. The smallest absolute Gasteiger partial charge is 0.245 e. The van der Waals surface area contributed by atoms with Crippen LogP contribution in [0, 0.1) is 11.8 Å². The van der Waals surface area contributed by atoms with Gasteiger partial charge in [0.15, 0.2) is 0 Å². The molecule has 1 aromatic carbocycles. The number of benzene rings is 1. The van der Waals surface area contributed by atoms with Crippen molar-refractivity contribution in [2.75, 3.05) is 26.2 Å². The van der Waals surface area contributed by atoms with Crippen LogP contribution in [-0.2, 0) is 16.0 Å². The van der Waals surface area contributed by atoms with E-state index in [1.54, 1.807) is 6.92 Å². The third kappa shape index (κ3) is 5.05. The predicted octanol–water partition coefficient (Wildman–Crippen LogP) is 3.24. The molecule has 0 radical (unpaired) electrons. The van der Waals surface area contributed by atoms with Crippen LogP contribution in [0.2, 0.25) is 0 Å². The number of hydrogen-bond donors (Lipinski definition) is 1. The van der Waals surface area contributed by atoms with Crippen LogP contribution in [0.1, 0.15) is 57.4 Å². The van der Waals surface area contributed by atoms with Gasteiger partial charge in [-0.15, -0.1) is 0 Å². The van der Waals surface area contributed by atoms with E-state index >= 15 is 0 Å². The second-order valence-electron chi connectivity index (χ2n) is 9.55. The molecule has 1 aliphatic carbocycles. The number of carbonyl (C=O) groups is 2. The highest BCUT2D eigenvalue weighted by molar-refractivity contribution is 5.87. The van der Waals surface area contributed by atoms with Crippen molar-refractivity contribution in [3.05, 3.63) is 35.9 Å². The number of amides is 2. The second kappa shape index (κ2) is 9.95. The summed E-state index contributed by atoms with van der Waals surface area (Å²) in [6.07, 6.45) is 9.06. The van der Waals surface area contributed by atoms with Crippen LogP contribution in [0.25, 0.3) is 0 Å². The number of fused-ring (bicyclic) bond motifs is 1. The van der Waals surface area contributed by atoms with Gasteiger partial charge in [0.25, 0.3) is 0 Å². The van der Waals surface area contributed by atoms with E-state index in [9.17, 15) is 9.59 Å². The number of carbonyl (C=O) groups excluding carboxylic acids is 2. The minimum atomic E-state index is -0.332. The molecule has 2 aliphatic heterocycles. The summed E-state index contributed by atoms with van der Waals surface area (Å²) in [5.41, 5.74) is 1.38. The molecule has 3 aliphatic rings. The van der Waals surface area contributed by atoms with Gasteiger partial charge in [-0.2, -0.15) is 0 Å². The Hall–Kier alpha value is -1.88. The first-order valence-electron chi connectivity index (χ1n) is 12.0. The van der Waals surface area contributed by atoms with Gasteiger partial charge in [0.1, 0.15) is 6.04 Å². The lowest BCUT2D eigenvalue weighted by molar-refractivity contribution is -0.139. The van der Waals surface area contributed by atoms with Crippen LogP contribution >= 0.6 is 0 Å². The zero-order valence-electron chi connectivity index (χ0n) is 18.4. The van der Waals surface area contributed by atoms with Crippen molar-refractivity contribution in [2.24, 2.45) is 11.8 Å². The van der Waals surface area contributed by atoms with E-state index in [1.807, 2.05) is 0 Å². The minimum Gasteiger partial charge on any atom is -0.344 e. The summed E-state index contributed by atoms with van der Waals surface area (Å²) in [5, 5.41) is 3.04. The van der Waals surface area contributed by atoms with Gasteiger partial charge in [-0.1, -0.05) is 49.6 Å². The molecule has 164 valence electrons. The van der Waals surface area contributed by atoms with E-state index in [2.05, 4.69) is 45.4 Å². The van der Waals surface area contributed by atoms with Gasteiger partial charge < -0.3 is 15.1 Å². The lowest BCUT2D eigenvalue weighted by Gasteiger charge is -2.40. The number of hydrogen-bond acceptors (Lipinski definition) is 3. The Morgan fingerprint density at radius 1 is 1.03 bits per heavy atom. The summed E-state index contributed by atoms with van der Waals surface area (Å²) < 4.78 is 0. The number of rotatable bonds is 6. The number of likely N-dealkylation sites (tertiary alicyclic amines) is 2. The van der Waals surface area contributed by atoms with Crippen molar-refractivity contribution in [1.29, 1.82) is 0 Å². The van der Waals surface area contributed by atoms with Crippen LogP contribution in [-0.4, -0.2) is 59.9 Å². The summed E-state index contributed by atoms with van der Waals surface area (Å²) in [5.74, 6) is 1.01. The zero-order chi connectivity index (χ0) is 20.9. The molecule has 1 N–H and O–H groups in total. The first kappa shape index (κ1) is 21.4. The topological polar surface area (TPSA) is 52.7 Å². The molecular formula is C25H37N3O2. The van der Waals surface area contributed by atoms with E-state index < -0.39 is 0 Å². The molecule has 2 amide bonds. The normalized spacial score (nSPS) is 26.2. The largest absolute Gasteiger partial charge is 0.344 e. The summed E-state index contributed by atoms with van der Waals surface area (Å²) >= 11 is 0. The van der Waals surface area contributed by atoms with Crippen molar-refractivity contribution >= 4 is 11.8 Å². The molecule has 0 unspecified atom stereocenters. The Bertz CT molecular complexity index is 716. The first-order valence-corrected chi connectivity index (χ1v) is 12.0. The van der Waals surface area contributed by atoms with Crippen molar-refractivity contribution < 1.29 is 9.59 Å². The fourth-order valence-corrected chi connectivity index (χ4v) is 5.86. The number of piperidine rings is 1. The molecule has 0 bridgehead atoms. The SMILES string of the molecule is CC(=O)N[C@H](C(=O)N1CC[C@H]2CCN(CCc3ccccc3)C[C@H]21)C1CCCCC1. The zero-order valence-corrected chi connectivity index (χ0v) is 18.4. The van der Waals surface area contributed by atoms with Crippen molar-refractivity contribution in [3.8, 4) is 0 Å². The number of nitrogens with zero attached hydrogens (tertiary/aromatic N) is 2. The molecule has 0 spiro atoms. The van der Waals surface area contributed by atoms with E-state index in [-0.39, 0.29) is 17.9 Å². The fraction of sp³-hybridized carbons (Fsp3) is 0.680. The van der Waals surface area contributed by atoms with Crippen LogP contribution in [0.15, 0.2) is 30.3 Å². The third-order valence-electron chi connectivity index (χ3n) is 7.54. The average Bonchev–Trinajstić information content (AvgIpc) is 3.20. The summed E-state index contributed by atoms with van der Waals surface area (Å²) in [4.78, 5) is 30.2. The molecule has 1 saturated carbocycles. The standard InChI is InChI=1S/C25H37N3O2/c1-19(29)26-24(22-10-6-3-7-11-22)25(30)28-17-14-21-13-16-27(18-23(21)28)15-12-20-8-4-2-5-9-20/h2,4-5,8-9,21-24H,3,6-7,10-18H2,1H3,(H,26,29)/t21-,23-,24+/m1/s1. The van der Waals surface area contributed by atoms with E-state index in [1.165, 1.54) is 31.2 Å². The van der Waals surface area contributed by atoms with Gasteiger partial charge in [-0.25, -0.2) is 0 Å². The maximum absolute atomic E-state index is 13.6. The maximum atomic E-state index is 13.6. The fourth-order valence-electron chi connectivity index (χ4n) is 5.86. The van der Waals surface area contributed by atoms with Gasteiger partial charge in [0.2, 0.25) is 11.8 Å². The third-order valence-corrected chi connectivity index (χ3v) is 7.54. The van der Waals surface area contributed by atoms with Gasteiger partial charge in [0, 0.05) is 32.6 Å². The maximum Gasteiger partial charge on any atom is 0.245 e. The van der Waals surface area contributed by atoms with Crippen LogP contribution in [0.4, 0.5) is 0 Å². The summed E-state index contributed by atoms with van der Waals surface area (Å²) in [6, 6.07) is 10.6. The van der Waals surface area contributed by atoms with Crippen LogP contribution in [0.3, 0.4) is 0 Å². The van der Waals surface area contributed by atoms with Crippen LogP contribution in [0.5, 0.6) is 0 Å². The Morgan fingerprint density at radius 3 is 2.50 bits per heavy atom. The Balaban J connectivity index is 1.40. The minimum absolute atomic E-state index is 0.0807. The summed E-state index contributed by atoms with van der Waals surface area (Å²) in [7, 11) is 0. The predicted molar refractivity (Wildman–Crippen MR) is 119 cm³/mol. The molecule has 3 fully saturated rings.